The predicted molar refractivity (Wildman–Crippen MR) is 62.3 cm³/mol. The highest BCUT2D eigenvalue weighted by atomic mass is 35.5. The molecule has 2 amide bonds. The van der Waals surface area contributed by atoms with Crippen LogP contribution in [-0.4, -0.2) is 25.1 Å². The van der Waals surface area contributed by atoms with Gasteiger partial charge in [-0.3, -0.25) is 5.43 Å². The SMILES string of the molecule is CN(C)NC(=O)Nc1cc(Cl)cc(Cl)c1. The molecular formula is C9H11Cl2N3O. The molecule has 0 saturated carbocycles. The first kappa shape index (κ1) is 12.1. The van der Waals surface area contributed by atoms with Crippen LogP contribution in [0.3, 0.4) is 0 Å². The number of anilines is 1. The van der Waals surface area contributed by atoms with Gasteiger partial charge in [0.25, 0.3) is 0 Å². The van der Waals surface area contributed by atoms with Crippen LogP contribution in [0.25, 0.3) is 0 Å². The normalized spacial score (nSPS) is 10.2. The van der Waals surface area contributed by atoms with E-state index in [0.29, 0.717) is 15.7 Å². The lowest BCUT2D eigenvalue weighted by molar-refractivity contribution is 0.224. The summed E-state index contributed by atoms with van der Waals surface area (Å²) in [5.41, 5.74) is 3.08. The quantitative estimate of drug-likeness (QED) is 0.790. The Kier molecular flexibility index (Phi) is 4.20. The summed E-state index contributed by atoms with van der Waals surface area (Å²) in [4.78, 5) is 11.3. The molecule has 1 rings (SSSR count). The van der Waals surface area contributed by atoms with E-state index in [4.69, 9.17) is 23.2 Å². The molecule has 1 aromatic rings. The summed E-state index contributed by atoms with van der Waals surface area (Å²) in [5, 5.41) is 5.07. The predicted octanol–water partition coefficient (Wildman–Crippen LogP) is 2.59. The maximum atomic E-state index is 11.3. The van der Waals surface area contributed by atoms with Crippen molar-refractivity contribution in [2.24, 2.45) is 0 Å². The standard InChI is InChI=1S/C9H11Cl2N3O/c1-14(2)13-9(15)12-8-4-6(10)3-7(11)5-8/h3-5H,1-2H3,(H2,12,13,15). The van der Waals surface area contributed by atoms with Gasteiger partial charge in [0.15, 0.2) is 0 Å². The van der Waals surface area contributed by atoms with Crippen molar-refractivity contribution in [3.63, 3.8) is 0 Å². The van der Waals surface area contributed by atoms with Gasteiger partial charge >= 0.3 is 6.03 Å². The monoisotopic (exact) mass is 247 g/mol. The van der Waals surface area contributed by atoms with E-state index in [-0.39, 0.29) is 6.03 Å². The lowest BCUT2D eigenvalue weighted by Crippen LogP contribution is -2.39. The summed E-state index contributed by atoms with van der Waals surface area (Å²) in [7, 11) is 3.43. The van der Waals surface area contributed by atoms with Crippen LogP contribution in [-0.2, 0) is 0 Å². The van der Waals surface area contributed by atoms with Gasteiger partial charge in [0.1, 0.15) is 0 Å². The number of hydrazine groups is 1. The summed E-state index contributed by atoms with van der Waals surface area (Å²) < 4.78 is 0. The van der Waals surface area contributed by atoms with Crippen LogP contribution >= 0.6 is 23.2 Å². The summed E-state index contributed by atoms with van der Waals surface area (Å²) in [5.74, 6) is 0. The van der Waals surface area contributed by atoms with Gasteiger partial charge in [-0.2, -0.15) is 0 Å². The molecular weight excluding hydrogens is 237 g/mol. The molecule has 0 fully saturated rings. The minimum atomic E-state index is -0.349. The Morgan fingerprint density at radius 1 is 1.20 bits per heavy atom. The van der Waals surface area contributed by atoms with Crippen LogP contribution in [0.5, 0.6) is 0 Å². The van der Waals surface area contributed by atoms with Gasteiger partial charge in [-0.1, -0.05) is 23.2 Å². The highest BCUT2D eigenvalue weighted by Crippen LogP contribution is 2.22. The van der Waals surface area contributed by atoms with Crippen LogP contribution < -0.4 is 10.7 Å². The van der Waals surface area contributed by atoms with Crippen LogP contribution in [0.4, 0.5) is 10.5 Å². The van der Waals surface area contributed by atoms with Crippen molar-refractivity contribution in [2.75, 3.05) is 19.4 Å². The fourth-order valence-electron chi connectivity index (χ4n) is 0.988. The number of nitrogens with zero attached hydrogens (tertiary/aromatic N) is 1. The molecule has 2 N–H and O–H groups in total. The zero-order chi connectivity index (χ0) is 11.4. The van der Waals surface area contributed by atoms with Crippen LogP contribution in [0, 0.1) is 0 Å². The highest BCUT2D eigenvalue weighted by Gasteiger charge is 2.03. The lowest BCUT2D eigenvalue weighted by Gasteiger charge is -2.13. The second kappa shape index (κ2) is 5.21. The van der Waals surface area contributed by atoms with Crippen molar-refractivity contribution in [2.45, 2.75) is 0 Å². The third-order valence-electron chi connectivity index (χ3n) is 1.45. The van der Waals surface area contributed by atoms with Crippen molar-refractivity contribution in [1.29, 1.82) is 0 Å². The van der Waals surface area contributed by atoms with Gasteiger partial charge in [-0.05, 0) is 18.2 Å². The van der Waals surface area contributed by atoms with E-state index in [0.717, 1.165) is 0 Å². The Morgan fingerprint density at radius 3 is 2.20 bits per heavy atom. The number of halogens is 2. The molecule has 0 aromatic heterocycles. The van der Waals surface area contributed by atoms with E-state index in [1.807, 2.05) is 0 Å². The number of hydrogen-bond donors (Lipinski definition) is 2. The third-order valence-corrected chi connectivity index (χ3v) is 1.88. The molecule has 0 saturated heterocycles. The smallest absolute Gasteiger partial charge is 0.307 e. The molecule has 0 aliphatic carbocycles. The van der Waals surface area contributed by atoms with Crippen molar-refractivity contribution in [1.82, 2.24) is 10.4 Å². The summed E-state index contributed by atoms with van der Waals surface area (Å²) in [6, 6.07) is 4.47. The summed E-state index contributed by atoms with van der Waals surface area (Å²) in [6.07, 6.45) is 0. The van der Waals surface area contributed by atoms with E-state index in [9.17, 15) is 4.79 Å². The largest absolute Gasteiger partial charge is 0.333 e. The average molecular weight is 248 g/mol. The number of urea groups is 1. The van der Waals surface area contributed by atoms with Crippen LogP contribution in [0.15, 0.2) is 18.2 Å². The number of rotatable bonds is 2. The summed E-state index contributed by atoms with van der Waals surface area (Å²) >= 11 is 11.5. The molecule has 4 nitrogen and oxygen atoms in total. The zero-order valence-corrected chi connectivity index (χ0v) is 9.86. The second-order valence-electron chi connectivity index (χ2n) is 3.12. The number of carbonyl (C=O) groups excluding carboxylic acids is 1. The first-order valence-electron chi connectivity index (χ1n) is 4.18. The summed E-state index contributed by atoms with van der Waals surface area (Å²) in [6.45, 7) is 0. The Hall–Kier alpha value is -0.970. The van der Waals surface area contributed by atoms with Crippen molar-refractivity contribution >= 4 is 34.9 Å². The topological polar surface area (TPSA) is 44.4 Å². The maximum Gasteiger partial charge on any atom is 0.333 e. The van der Waals surface area contributed by atoms with Crippen molar-refractivity contribution < 1.29 is 4.79 Å². The first-order valence-corrected chi connectivity index (χ1v) is 4.94. The van der Waals surface area contributed by atoms with Crippen molar-refractivity contribution in [3.8, 4) is 0 Å². The molecule has 0 atom stereocenters. The average Bonchev–Trinajstić information content (AvgIpc) is 1.98. The van der Waals surface area contributed by atoms with Crippen LogP contribution in [0.2, 0.25) is 10.0 Å². The molecule has 1 aromatic carbocycles. The Labute approximate surface area is 98.1 Å². The number of benzene rings is 1. The zero-order valence-electron chi connectivity index (χ0n) is 8.34. The molecule has 0 unspecified atom stereocenters. The van der Waals surface area contributed by atoms with Gasteiger partial charge < -0.3 is 5.32 Å². The van der Waals surface area contributed by atoms with Crippen LogP contribution in [0.1, 0.15) is 0 Å². The molecule has 0 heterocycles. The molecule has 0 radical (unpaired) electrons. The van der Waals surface area contributed by atoms with E-state index in [1.165, 1.54) is 5.01 Å². The molecule has 0 aliphatic rings. The Morgan fingerprint density at radius 2 is 1.73 bits per heavy atom. The third kappa shape index (κ3) is 4.38. The fourth-order valence-corrected chi connectivity index (χ4v) is 1.51. The van der Waals surface area contributed by atoms with E-state index in [1.54, 1.807) is 32.3 Å². The molecule has 82 valence electrons. The molecule has 0 bridgehead atoms. The Balaban J connectivity index is 2.68. The van der Waals surface area contributed by atoms with E-state index < -0.39 is 0 Å². The molecule has 15 heavy (non-hydrogen) atoms. The number of nitrogens with one attached hydrogen (secondary N) is 2. The van der Waals surface area contributed by atoms with Gasteiger partial charge in [0, 0.05) is 29.8 Å². The second-order valence-corrected chi connectivity index (χ2v) is 3.99. The number of carbonyl (C=O) groups is 1. The van der Waals surface area contributed by atoms with Gasteiger partial charge in [-0.25, -0.2) is 9.80 Å². The van der Waals surface area contributed by atoms with E-state index >= 15 is 0 Å². The molecule has 6 heteroatoms. The molecule has 0 spiro atoms. The van der Waals surface area contributed by atoms with Crippen molar-refractivity contribution in [3.05, 3.63) is 28.2 Å². The first-order chi connectivity index (χ1) is 6.97. The fraction of sp³-hybridized carbons (Fsp3) is 0.222. The van der Waals surface area contributed by atoms with E-state index in [2.05, 4.69) is 10.7 Å². The Bertz CT molecular complexity index is 348. The highest BCUT2D eigenvalue weighted by molar-refractivity contribution is 6.35. The van der Waals surface area contributed by atoms with Gasteiger partial charge in [-0.15, -0.1) is 0 Å². The van der Waals surface area contributed by atoms with Gasteiger partial charge in [0.2, 0.25) is 0 Å². The lowest BCUT2D eigenvalue weighted by atomic mass is 10.3. The minimum Gasteiger partial charge on any atom is -0.307 e. The number of amides is 2. The number of hydrogen-bond acceptors (Lipinski definition) is 2. The minimum absolute atomic E-state index is 0.349. The molecule has 0 aliphatic heterocycles. The van der Waals surface area contributed by atoms with Gasteiger partial charge in [0.05, 0.1) is 0 Å². The maximum absolute atomic E-state index is 11.3.